The van der Waals surface area contributed by atoms with E-state index in [1.807, 2.05) is 18.2 Å². The van der Waals surface area contributed by atoms with E-state index in [4.69, 9.17) is 11.6 Å². The predicted octanol–water partition coefficient (Wildman–Crippen LogP) is 2.53. The molecule has 2 fully saturated rings. The highest BCUT2D eigenvalue weighted by atomic mass is 35.5. The fourth-order valence-corrected chi connectivity index (χ4v) is 3.30. The van der Waals surface area contributed by atoms with Gasteiger partial charge in [-0.15, -0.1) is 12.4 Å². The summed E-state index contributed by atoms with van der Waals surface area (Å²) in [5.41, 5.74) is 0.689. The third-order valence-electron chi connectivity index (χ3n) is 4.12. The molecule has 1 amide bonds. The monoisotopic (exact) mass is 329 g/mol. The lowest BCUT2D eigenvalue weighted by atomic mass is 10.1. The van der Waals surface area contributed by atoms with Crippen molar-refractivity contribution in [3.05, 3.63) is 29.3 Å². The summed E-state index contributed by atoms with van der Waals surface area (Å²) in [7, 11) is 0. The topological polar surface area (TPSA) is 44.4 Å². The fraction of sp³-hybridized carbons (Fsp3) is 0.533. The molecule has 6 heteroatoms. The van der Waals surface area contributed by atoms with E-state index in [1.165, 1.54) is 12.8 Å². The number of carbonyl (C=O) groups is 1. The number of benzene rings is 1. The second kappa shape index (κ2) is 7.45. The second-order valence-electron chi connectivity index (χ2n) is 5.69. The van der Waals surface area contributed by atoms with Crippen LogP contribution in [0.4, 0.5) is 5.69 Å². The van der Waals surface area contributed by atoms with Crippen LogP contribution in [0.1, 0.15) is 19.3 Å². The number of nitrogens with zero attached hydrogens (tertiary/aromatic N) is 1. The van der Waals surface area contributed by atoms with Gasteiger partial charge in [-0.3, -0.25) is 9.69 Å². The first kappa shape index (κ1) is 16.6. The largest absolute Gasteiger partial charge is 0.324 e. The van der Waals surface area contributed by atoms with Crippen molar-refractivity contribution in [1.82, 2.24) is 10.2 Å². The minimum atomic E-state index is 0. The van der Waals surface area contributed by atoms with E-state index in [2.05, 4.69) is 15.5 Å². The van der Waals surface area contributed by atoms with Crippen LogP contribution in [0.5, 0.6) is 0 Å². The number of halogens is 2. The molecule has 3 rings (SSSR count). The smallest absolute Gasteiger partial charge is 0.238 e. The highest BCUT2D eigenvalue weighted by molar-refractivity contribution is 6.33. The molecule has 2 N–H and O–H groups in total. The van der Waals surface area contributed by atoms with E-state index >= 15 is 0 Å². The van der Waals surface area contributed by atoms with Gasteiger partial charge in [0.15, 0.2) is 0 Å². The molecule has 2 aliphatic heterocycles. The first-order valence-corrected chi connectivity index (χ1v) is 7.61. The van der Waals surface area contributed by atoms with Crippen LogP contribution in [-0.2, 0) is 4.79 Å². The summed E-state index contributed by atoms with van der Waals surface area (Å²) >= 11 is 6.05. The van der Waals surface area contributed by atoms with Gasteiger partial charge < -0.3 is 10.6 Å². The number of amides is 1. The van der Waals surface area contributed by atoms with Crippen LogP contribution in [0.25, 0.3) is 0 Å². The van der Waals surface area contributed by atoms with E-state index in [-0.39, 0.29) is 18.3 Å². The zero-order chi connectivity index (χ0) is 13.9. The molecule has 2 aliphatic rings. The Labute approximate surface area is 136 Å². The molecule has 2 unspecified atom stereocenters. The molecule has 116 valence electrons. The molecule has 0 saturated carbocycles. The Morgan fingerprint density at radius 3 is 2.86 bits per heavy atom. The van der Waals surface area contributed by atoms with Crippen LogP contribution in [0, 0.1) is 0 Å². The number of para-hydroxylation sites is 1. The van der Waals surface area contributed by atoms with E-state index in [1.54, 1.807) is 6.07 Å². The lowest BCUT2D eigenvalue weighted by Gasteiger charge is -2.23. The quantitative estimate of drug-likeness (QED) is 0.895. The van der Waals surface area contributed by atoms with Crippen LogP contribution in [0.15, 0.2) is 24.3 Å². The number of rotatable bonds is 3. The average Bonchev–Trinajstić information content (AvgIpc) is 2.76. The summed E-state index contributed by atoms with van der Waals surface area (Å²) in [6.07, 6.45) is 3.65. The molecule has 1 aromatic carbocycles. The van der Waals surface area contributed by atoms with Gasteiger partial charge >= 0.3 is 0 Å². The Kier molecular flexibility index (Phi) is 5.88. The summed E-state index contributed by atoms with van der Waals surface area (Å²) < 4.78 is 0. The van der Waals surface area contributed by atoms with Gasteiger partial charge in [0.05, 0.1) is 17.3 Å². The lowest BCUT2D eigenvalue weighted by molar-refractivity contribution is -0.117. The maximum Gasteiger partial charge on any atom is 0.238 e. The van der Waals surface area contributed by atoms with Crippen molar-refractivity contribution >= 4 is 35.6 Å². The predicted molar refractivity (Wildman–Crippen MR) is 88.3 cm³/mol. The summed E-state index contributed by atoms with van der Waals surface area (Å²) in [5, 5.41) is 7.09. The molecule has 21 heavy (non-hydrogen) atoms. The molecule has 0 spiro atoms. The minimum absolute atomic E-state index is 0. The molecule has 2 saturated heterocycles. The number of likely N-dealkylation sites (tertiary alicyclic amines) is 1. The normalized spacial score (nSPS) is 25.0. The molecule has 1 aromatic rings. The number of hydrogen-bond donors (Lipinski definition) is 2. The average molecular weight is 330 g/mol. The van der Waals surface area contributed by atoms with Gasteiger partial charge in [0.25, 0.3) is 0 Å². The van der Waals surface area contributed by atoms with E-state index in [0.29, 0.717) is 29.3 Å². The standard InChI is InChI=1S/C15H20ClN3O.ClH/c16-13-3-1-2-4-14(13)18-15(20)10-19-8-7-11-5-6-12(9-19)17-11;/h1-4,11-12,17H,5-10H2,(H,18,20);1H. The van der Waals surface area contributed by atoms with Crippen LogP contribution in [0.2, 0.25) is 5.02 Å². The van der Waals surface area contributed by atoms with Gasteiger partial charge in [-0.05, 0) is 31.4 Å². The molecule has 0 aromatic heterocycles. The highest BCUT2D eigenvalue weighted by Crippen LogP contribution is 2.22. The van der Waals surface area contributed by atoms with E-state index in [0.717, 1.165) is 19.5 Å². The maximum absolute atomic E-state index is 12.1. The van der Waals surface area contributed by atoms with Crippen LogP contribution >= 0.6 is 24.0 Å². The third kappa shape index (κ3) is 4.33. The van der Waals surface area contributed by atoms with E-state index < -0.39 is 0 Å². The highest BCUT2D eigenvalue weighted by Gasteiger charge is 2.29. The maximum atomic E-state index is 12.1. The van der Waals surface area contributed by atoms with Crippen molar-refractivity contribution in [1.29, 1.82) is 0 Å². The molecule has 0 aliphatic carbocycles. The zero-order valence-corrected chi connectivity index (χ0v) is 13.4. The molecule has 2 bridgehead atoms. The Bertz CT molecular complexity index is 498. The van der Waals surface area contributed by atoms with Crippen LogP contribution < -0.4 is 10.6 Å². The van der Waals surface area contributed by atoms with Gasteiger partial charge in [-0.2, -0.15) is 0 Å². The van der Waals surface area contributed by atoms with Crippen LogP contribution in [-0.4, -0.2) is 42.5 Å². The van der Waals surface area contributed by atoms with Crippen molar-refractivity contribution in [2.75, 3.05) is 25.0 Å². The molecule has 2 heterocycles. The van der Waals surface area contributed by atoms with Gasteiger partial charge in [-0.25, -0.2) is 0 Å². The number of hydrogen-bond acceptors (Lipinski definition) is 3. The fourth-order valence-electron chi connectivity index (χ4n) is 3.11. The molecule has 4 nitrogen and oxygen atoms in total. The van der Waals surface area contributed by atoms with Gasteiger partial charge in [0.2, 0.25) is 5.91 Å². The van der Waals surface area contributed by atoms with Gasteiger partial charge in [0, 0.05) is 25.2 Å². The summed E-state index contributed by atoms with van der Waals surface area (Å²) in [6.45, 7) is 2.40. The van der Waals surface area contributed by atoms with Crippen molar-refractivity contribution in [3.8, 4) is 0 Å². The Hall–Kier alpha value is -0.810. The van der Waals surface area contributed by atoms with E-state index in [9.17, 15) is 4.79 Å². The Morgan fingerprint density at radius 2 is 2.05 bits per heavy atom. The minimum Gasteiger partial charge on any atom is -0.324 e. The summed E-state index contributed by atoms with van der Waals surface area (Å²) in [5.74, 6) is 0.0101. The number of nitrogens with one attached hydrogen (secondary N) is 2. The number of anilines is 1. The van der Waals surface area contributed by atoms with Crippen molar-refractivity contribution in [2.24, 2.45) is 0 Å². The Morgan fingerprint density at radius 1 is 1.29 bits per heavy atom. The third-order valence-corrected chi connectivity index (χ3v) is 4.45. The summed E-state index contributed by atoms with van der Waals surface area (Å²) in [4.78, 5) is 14.4. The van der Waals surface area contributed by atoms with Crippen molar-refractivity contribution in [3.63, 3.8) is 0 Å². The molecule has 0 radical (unpaired) electrons. The first-order chi connectivity index (χ1) is 9.70. The molecular formula is C15H21Cl2N3O. The number of fused-ring (bicyclic) bond motifs is 2. The SMILES string of the molecule is Cl.O=C(CN1CCC2CCC(C1)N2)Nc1ccccc1Cl. The summed E-state index contributed by atoms with van der Waals surface area (Å²) in [6, 6.07) is 8.54. The van der Waals surface area contributed by atoms with Gasteiger partial charge in [0.1, 0.15) is 0 Å². The van der Waals surface area contributed by atoms with Crippen molar-refractivity contribution < 1.29 is 4.79 Å². The molecular weight excluding hydrogens is 309 g/mol. The van der Waals surface area contributed by atoms with Crippen LogP contribution in [0.3, 0.4) is 0 Å². The first-order valence-electron chi connectivity index (χ1n) is 7.23. The zero-order valence-electron chi connectivity index (χ0n) is 11.8. The Balaban J connectivity index is 0.00000161. The molecule has 2 atom stereocenters. The lowest BCUT2D eigenvalue weighted by Crippen LogP contribution is -2.39. The van der Waals surface area contributed by atoms with Crippen molar-refractivity contribution in [2.45, 2.75) is 31.3 Å². The number of carbonyl (C=O) groups excluding carboxylic acids is 1. The van der Waals surface area contributed by atoms with Gasteiger partial charge in [-0.1, -0.05) is 23.7 Å². The second-order valence-corrected chi connectivity index (χ2v) is 6.10.